The minimum atomic E-state index is -0.165. The molecule has 2 rings (SSSR count). The molecule has 0 bridgehead atoms. The topological polar surface area (TPSA) is 61.3 Å². The second-order valence-electron chi connectivity index (χ2n) is 4.39. The minimum absolute atomic E-state index is 0.165. The summed E-state index contributed by atoms with van der Waals surface area (Å²) in [5, 5.41) is 0. The highest BCUT2D eigenvalue weighted by Crippen LogP contribution is 2.31. The molecule has 0 heterocycles. The van der Waals surface area contributed by atoms with Gasteiger partial charge >= 0.3 is 0 Å². The van der Waals surface area contributed by atoms with Crippen LogP contribution >= 0.6 is 0 Å². The Morgan fingerprint density at radius 3 is 2.53 bits per heavy atom. The van der Waals surface area contributed by atoms with E-state index in [4.69, 9.17) is 16.2 Å². The Labute approximate surface area is 90.4 Å². The average Bonchev–Trinajstić information content (AvgIpc) is 2.24. The van der Waals surface area contributed by atoms with Gasteiger partial charge in [-0.3, -0.25) is 0 Å². The molecule has 1 aliphatic rings. The third kappa shape index (κ3) is 2.56. The van der Waals surface area contributed by atoms with Gasteiger partial charge in [0.2, 0.25) is 0 Å². The lowest BCUT2D eigenvalue weighted by atomic mass is 9.75. The maximum absolute atomic E-state index is 5.96. The van der Waals surface area contributed by atoms with Gasteiger partial charge in [-0.05, 0) is 18.4 Å². The lowest BCUT2D eigenvalue weighted by molar-refractivity contribution is -0.0488. The van der Waals surface area contributed by atoms with Gasteiger partial charge < -0.3 is 16.2 Å². The summed E-state index contributed by atoms with van der Waals surface area (Å²) in [4.78, 5) is 0. The van der Waals surface area contributed by atoms with Crippen LogP contribution in [0.4, 0.5) is 0 Å². The van der Waals surface area contributed by atoms with E-state index in [9.17, 15) is 0 Å². The Balaban J connectivity index is 1.73. The van der Waals surface area contributed by atoms with Crippen LogP contribution in [0.25, 0.3) is 0 Å². The van der Waals surface area contributed by atoms with E-state index in [2.05, 4.69) is 12.1 Å². The Hall–Kier alpha value is -0.900. The molecule has 0 radical (unpaired) electrons. The normalized spacial score (nSPS) is 29.9. The fourth-order valence-electron chi connectivity index (χ4n) is 1.92. The summed E-state index contributed by atoms with van der Waals surface area (Å²) in [6.07, 6.45) is 2.06. The predicted octanol–water partition coefficient (Wildman–Crippen LogP) is 1.02. The van der Waals surface area contributed by atoms with Crippen LogP contribution in [0.2, 0.25) is 0 Å². The van der Waals surface area contributed by atoms with Crippen LogP contribution in [-0.2, 0) is 11.3 Å². The molecule has 0 atom stereocenters. The van der Waals surface area contributed by atoms with Crippen LogP contribution in [0, 0.1) is 0 Å². The largest absolute Gasteiger partial charge is 0.373 e. The Morgan fingerprint density at radius 1 is 1.27 bits per heavy atom. The van der Waals surface area contributed by atoms with E-state index in [1.807, 2.05) is 18.2 Å². The predicted molar refractivity (Wildman–Crippen MR) is 60.2 cm³/mol. The van der Waals surface area contributed by atoms with Crippen LogP contribution in [0.3, 0.4) is 0 Å². The number of nitrogens with two attached hydrogens (primary N) is 2. The monoisotopic (exact) mass is 206 g/mol. The summed E-state index contributed by atoms with van der Waals surface area (Å²) in [6, 6.07) is 10.2. The van der Waals surface area contributed by atoms with E-state index in [1.165, 1.54) is 5.56 Å². The quantitative estimate of drug-likeness (QED) is 0.773. The van der Waals surface area contributed by atoms with Crippen LogP contribution in [-0.4, -0.2) is 18.2 Å². The summed E-state index contributed by atoms with van der Waals surface area (Å²) in [5.74, 6) is 0. The van der Waals surface area contributed by atoms with Crippen molar-refractivity contribution >= 4 is 0 Å². The van der Waals surface area contributed by atoms with E-state index in [0.717, 1.165) is 12.8 Å². The molecule has 1 aromatic rings. The van der Waals surface area contributed by atoms with Crippen molar-refractivity contribution < 1.29 is 4.74 Å². The number of hydrogen-bond donors (Lipinski definition) is 2. The van der Waals surface area contributed by atoms with E-state index in [1.54, 1.807) is 0 Å². The third-order valence-electron chi connectivity index (χ3n) is 3.00. The second kappa shape index (κ2) is 4.31. The molecule has 0 amide bonds. The first-order valence-electron chi connectivity index (χ1n) is 5.36. The molecule has 1 aliphatic carbocycles. The third-order valence-corrected chi connectivity index (χ3v) is 3.00. The molecular weight excluding hydrogens is 188 g/mol. The van der Waals surface area contributed by atoms with Crippen LogP contribution in [0.15, 0.2) is 30.3 Å². The average molecular weight is 206 g/mol. The zero-order valence-electron chi connectivity index (χ0n) is 8.86. The molecule has 15 heavy (non-hydrogen) atoms. The molecule has 82 valence electrons. The Kier molecular flexibility index (Phi) is 3.05. The molecule has 0 aromatic heterocycles. The first-order valence-corrected chi connectivity index (χ1v) is 5.36. The van der Waals surface area contributed by atoms with Crippen molar-refractivity contribution in [2.75, 3.05) is 6.54 Å². The summed E-state index contributed by atoms with van der Waals surface area (Å²) >= 11 is 0. The van der Waals surface area contributed by atoms with Crippen molar-refractivity contribution in [2.45, 2.75) is 31.1 Å². The molecule has 1 saturated carbocycles. The van der Waals surface area contributed by atoms with E-state index < -0.39 is 0 Å². The van der Waals surface area contributed by atoms with E-state index in [0.29, 0.717) is 19.3 Å². The minimum Gasteiger partial charge on any atom is -0.373 e. The first-order chi connectivity index (χ1) is 7.22. The highest BCUT2D eigenvalue weighted by molar-refractivity contribution is 5.13. The van der Waals surface area contributed by atoms with Crippen molar-refractivity contribution in [1.29, 1.82) is 0 Å². The molecule has 4 N–H and O–H groups in total. The zero-order valence-corrected chi connectivity index (χ0v) is 8.86. The van der Waals surface area contributed by atoms with Crippen molar-refractivity contribution in [3.63, 3.8) is 0 Å². The Bertz CT molecular complexity index is 307. The first kappa shape index (κ1) is 10.6. The van der Waals surface area contributed by atoms with E-state index in [-0.39, 0.29) is 5.54 Å². The van der Waals surface area contributed by atoms with Gasteiger partial charge in [0.1, 0.15) is 0 Å². The number of hydrogen-bond acceptors (Lipinski definition) is 3. The number of ether oxygens (including phenoxy) is 1. The summed E-state index contributed by atoms with van der Waals surface area (Å²) in [6.45, 7) is 1.23. The highest BCUT2D eigenvalue weighted by Gasteiger charge is 2.40. The molecule has 3 heteroatoms. The maximum Gasteiger partial charge on any atom is 0.0720 e. The van der Waals surface area contributed by atoms with Gasteiger partial charge in [-0.2, -0.15) is 0 Å². The number of rotatable bonds is 4. The fourth-order valence-corrected chi connectivity index (χ4v) is 1.92. The van der Waals surface area contributed by atoms with Gasteiger partial charge in [0.05, 0.1) is 12.7 Å². The SMILES string of the molecule is NCC1(N)CC(OCc2ccccc2)C1. The molecule has 0 aliphatic heterocycles. The van der Waals surface area contributed by atoms with Crippen LogP contribution in [0.5, 0.6) is 0 Å². The summed E-state index contributed by atoms with van der Waals surface area (Å²) in [5.41, 5.74) is 12.6. The Morgan fingerprint density at radius 2 is 1.93 bits per heavy atom. The molecule has 0 spiro atoms. The van der Waals surface area contributed by atoms with Gasteiger partial charge in [-0.25, -0.2) is 0 Å². The van der Waals surface area contributed by atoms with Crippen molar-refractivity contribution in [3.05, 3.63) is 35.9 Å². The van der Waals surface area contributed by atoms with Crippen molar-refractivity contribution in [2.24, 2.45) is 11.5 Å². The molecule has 0 saturated heterocycles. The summed E-state index contributed by atoms with van der Waals surface area (Å²) in [7, 11) is 0. The van der Waals surface area contributed by atoms with Gasteiger partial charge in [0.25, 0.3) is 0 Å². The van der Waals surface area contributed by atoms with Gasteiger partial charge in [0, 0.05) is 12.1 Å². The van der Waals surface area contributed by atoms with E-state index >= 15 is 0 Å². The van der Waals surface area contributed by atoms with Crippen molar-refractivity contribution in [1.82, 2.24) is 0 Å². The molecule has 1 aromatic carbocycles. The van der Waals surface area contributed by atoms with Gasteiger partial charge in [-0.15, -0.1) is 0 Å². The highest BCUT2D eigenvalue weighted by atomic mass is 16.5. The zero-order chi connectivity index (χ0) is 10.7. The van der Waals surface area contributed by atoms with Crippen LogP contribution in [0.1, 0.15) is 18.4 Å². The van der Waals surface area contributed by atoms with Crippen molar-refractivity contribution in [3.8, 4) is 0 Å². The molecule has 3 nitrogen and oxygen atoms in total. The summed E-state index contributed by atoms with van der Waals surface area (Å²) < 4.78 is 5.73. The molecule has 1 fully saturated rings. The molecule has 0 unspecified atom stereocenters. The maximum atomic E-state index is 5.96. The lowest BCUT2D eigenvalue weighted by Crippen LogP contribution is -2.59. The fraction of sp³-hybridized carbons (Fsp3) is 0.500. The molecular formula is C12H18N2O. The van der Waals surface area contributed by atoms with Gasteiger partial charge in [0.15, 0.2) is 0 Å². The van der Waals surface area contributed by atoms with Gasteiger partial charge in [-0.1, -0.05) is 30.3 Å². The number of benzene rings is 1. The smallest absolute Gasteiger partial charge is 0.0720 e. The second-order valence-corrected chi connectivity index (χ2v) is 4.39. The lowest BCUT2D eigenvalue weighted by Gasteiger charge is -2.43. The standard InChI is InChI=1S/C12H18N2O/c13-9-12(14)6-11(7-12)15-8-10-4-2-1-3-5-10/h1-5,11H,6-9,13-14H2. The van der Waals surface area contributed by atoms with Crippen LogP contribution < -0.4 is 11.5 Å².